The summed E-state index contributed by atoms with van der Waals surface area (Å²) in [6.45, 7) is 0. The van der Waals surface area contributed by atoms with E-state index in [1.54, 1.807) is 12.1 Å². The molecule has 0 aliphatic heterocycles. The summed E-state index contributed by atoms with van der Waals surface area (Å²) in [4.78, 5) is 15.3. The van der Waals surface area contributed by atoms with Crippen LogP contribution in [-0.2, 0) is 12.6 Å². The van der Waals surface area contributed by atoms with E-state index < -0.39 is 45.4 Å². The van der Waals surface area contributed by atoms with E-state index in [9.17, 15) is 31.9 Å². The summed E-state index contributed by atoms with van der Waals surface area (Å²) in [5.74, 6) is -0.917. The molecule has 0 radical (unpaired) electrons. The molecular weight excluding hydrogens is 488 g/mol. The molecule has 0 aromatic heterocycles. The summed E-state index contributed by atoms with van der Waals surface area (Å²) < 4.78 is 64.8. The van der Waals surface area contributed by atoms with Crippen LogP contribution in [0.1, 0.15) is 10.4 Å². The quantitative estimate of drug-likeness (QED) is 0.152. The van der Waals surface area contributed by atoms with Crippen molar-refractivity contribution in [3.05, 3.63) is 75.3 Å². The molecule has 0 atom stereocenters. The fraction of sp³-hybridized carbons (Fsp3) is 0.0667. The zero-order valence-electron chi connectivity index (χ0n) is 12.7. The molecule has 26 heavy (non-hydrogen) atoms. The van der Waals surface area contributed by atoms with Crippen LogP contribution in [0.15, 0.2) is 60.7 Å². The van der Waals surface area contributed by atoms with Crippen molar-refractivity contribution in [3.8, 4) is 0 Å². The molecule has 0 amide bonds. The van der Waals surface area contributed by atoms with Crippen LogP contribution in [0.4, 0.5) is 13.2 Å². The van der Waals surface area contributed by atoms with Crippen LogP contribution in [-0.4, -0.2) is 28.2 Å². The van der Waals surface area contributed by atoms with Gasteiger partial charge in [0.1, 0.15) is 0 Å². The number of hydrogen-bond donors (Lipinski definition) is 0. The minimum absolute atomic E-state index is 0.0199. The Morgan fingerprint density at radius 3 is 1.96 bits per heavy atom. The van der Waals surface area contributed by atoms with Gasteiger partial charge >= 0.3 is 154 Å². The van der Waals surface area contributed by atoms with E-state index in [0.29, 0.717) is 0 Å². The van der Waals surface area contributed by atoms with Crippen molar-refractivity contribution in [1.82, 2.24) is 0 Å². The average molecular weight is 498 g/mol. The van der Waals surface area contributed by atoms with Gasteiger partial charge in [-0.2, -0.15) is 0 Å². The van der Waals surface area contributed by atoms with E-state index in [0.717, 1.165) is 0 Å². The average Bonchev–Trinajstić information content (AvgIpc) is 2.61. The first-order valence-electron chi connectivity index (χ1n) is 6.75. The maximum atomic E-state index is 12.7. The number of carbonyl (C=O) groups is 1. The number of ketones is 1. The monoisotopic (exact) mass is 498 g/mol. The predicted molar refractivity (Wildman–Crippen MR) is 94.6 cm³/mol. The summed E-state index contributed by atoms with van der Waals surface area (Å²) in [7, 11) is -5.99. The predicted octanol–water partition coefficient (Wildman–Crippen LogP) is 3.66. The Labute approximate surface area is 154 Å². The maximum absolute atomic E-state index is 12.7. The van der Waals surface area contributed by atoms with Crippen molar-refractivity contribution >= 4 is 39.9 Å². The zero-order valence-corrected chi connectivity index (χ0v) is 15.7. The molecule has 0 aliphatic carbocycles. The Kier molecular flexibility index (Phi) is 6.29. The molecule has 2 aromatic rings. The van der Waals surface area contributed by atoms with E-state index in [-0.39, 0.29) is 9.13 Å². The van der Waals surface area contributed by atoms with E-state index >= 15 is 0 Å². The number of carbonyl (C=O) groups excluding carboxylic acids is 1. The van der Waals surface area contributed by atoms with E-state index in [4.69, 9.17) is 0 Å². The summed E-state index contributed by atoms with van der Waals surface area (Å²) in [5, 5.41) is 0. The SMILES string of the molecule is [N-]=[N+]=C(C(=O)c1ccccc1)I(OS(=O)(=O)C(F)(F)F)c1ccccc1. The van der Waals surface area contributed by atoms with Crippen LogP contribution in [0, 0.1) is 3.57 Å². The Hall–Kier alpha value is -2.08. The Bertz CT molecular complexity index is 944. The van der Waals surface area contributed by atoms with Gasteiger partial charge in [-0.3, -0.25) is 0 Å². The number of alkyl halides is 3. The van der Waals surface area contributed by atoms with Crippen molar-refractivity contribution in [2.75, 3.05) is 0 Å². The van der Waals surface area contributed by atoms with Gasteiger partial charge in [0.25, 0.3) is 0 Å². The molecule has 0 aliphatic rings. The fourth-order valence-electron chi connectivity index (χ4n) is 1.68. The van der Waals surface area contributed by atoms with Gasteiger partial charge in [-0.1, -0.05) is 0 Å². The van der Waals surface area contributed by atoms with Crippen LogP contribution in [0.25, 0.3) is 5.53 Å². The number of benzene rings is 2. The van der Waals surface area contributed by atoms with Gasteiger partial charge in [-0.25, -0.2) is 0 Å². The van der Waals surface area contributed by atoms with Crippen molar-refractivity contribution in [2.24, 2.45) is 0 Å². The van der Waals surface area contributed by atoms with Crippen molar-refractivity contribution in [1.29, 1.82) is 0 Å². The van der Waals surface area contributed by atoms with E-state index in [1.807, 2.05) is 0 Å². The molecule has 0 spiro atoms. The van der Waals surface area contributed by atoms with Gasteiger partial charge in [-0.05, 0) is 0 Å². The van der Waals surface area contributed by atoms with Crippen LogP contribution >= 0.6 is 20.2 Å². The number of nitrogens with zero attached hydrogens (tertiary/aromatic N) is 2. The molecule has 0 N–H and O–H groups in total. The molecule has 11 heteroatoms. The first-order valence-corrected chi connectivity index (χ1v) is 11.2. The van der Waals surface area contributed by atoms with Crippen molar-refractivity contribution in [3.63, 3.8) is 0 Å². The van der Waals surface area contributed by atoms with Gasteiger partial charge < -0.3 is 0 Å². The van der Waals surface area contributed by atoms with Crippen molar-refractivity contribution in [2.45, 2.75) is 5.51 Å². The molecule has 138 valence electrons. The second-order valence-corrected chi connectivity index (χ2v) is 10.9. The van der Waals surface area contributed by atoms with Crippen LogP contribution < -0.4 is 0 Å². The van der Waals surface area contributed by atoms with Crippen LogP contribution in [0.5, 0.6) is 0 Å². The molecule has 0 bridgehead atoms. The van der Waals surface area contributed by atoms with Gasteiger partial charge in [0.15, 0.2) is 0 Å². The third-order valence-corrected chi connectivity index (χ3v) is 9.68. The first kappa shape index (κ1) is 20.2. The first-order chi connectivity index (χ1) is 12.2. The summed E-state index contributed by atoms with van der Waals surface area (Å²) in [6, 6.07) is 14.3. The third-order valence-electron chi connectivity index (χ3n) is 2.83. The second-order valence-electron chi connectivity index (χ2n) is 4.59. The molecular formula is C15H10F3IN2O4S. The van der Waals surface area contributed by atoms with Gasteiger partial charge in [0.2, 0.25) is 0 Å². The van der Waals surface area contributed by atoms with Crippen LogP contribution in [0.2, 0.25) is 0 Å². The third kappa shape index (κ3) is 4.55. The Balaban J connectivity index is 2.53. The Morgan fingerprint density at radius 2 is 1.50 bits per heavy atom. The summed E-state index contributed by atoms with van der Waals surface area (Å²) in [5.41, 5.74) is 3.59. The second kappa shape index (κ2) is 8.08. The number of hydrogen-bond acceptors (Lipinski definition) is 4. The molecule has 0 saturated carbocycles. The molecule has 2 aromatic carbocycles. The molecule has 0 unspecified atom stereocenters. The number of rotatable bonds is 6. The number of Topliss-reactive ketones (excluding diaryl/α,β-unsaturated/α-hetero) is 1. The molecule has 0 heterocycles. The van der Waals surface area contributed by atoms with Gasteiger partial charge in [-0.15, -0.1) is 0 Å². The van der Waals surface area contributed by atoms with E-state index in [1.165, 1.54) is 48.5 Å². The molecule has 0 saturated heterocycles. The zero-order chi connectivity index (χ0) is 19.4. The summed E-state index contributed by atoms with van der Waals surface area (Å²) >= 11 is -4.04. The van der Waals surface area contributed by atoms with E-state index in [2.05, 4.69) is 7.30 Å². The minimum atomic E-state index is -5.99. The van der Waals surface area contributed by atoms with Gasteiger partial charge in [0.05, 0.1) is 0 Å². The number of halogens is 4. The van der Waals surface area contributed by atoms with Crippen LogP contribution in [0.3, 0.4) is 0 Å². The fourth-order valence-corrected chi connectivity index (χ4v) is 7.83. The molecule has 6 nitrogen and oxygen atoms in total. The summed E-state index contributed by atoms with van der Waals surface area (Å²) in [6.07, 6.45) is 0. The Morgan fingerprint density at radius 1 is 1.00 bits per heavy atom. The normalized spacial score (nSPS) is 12.2. The standard InChI is InChI=1S/C15H10F3IN2O4S/c16-15(17,18)26(23,24)25-19(12-9-5-2-6-10-12)14(21-20)13(22)11-7-3-1-4-8-11/h1-10H. The van der Waals surface area contributed by atoms with Crippen molar-refractivity contribution < 1.29 is 33.7 Å². The topological polar surface area (TPSA) is 96.8 Å². The molecule has 2 rings (SSSR count). The van der Waals surface area contributed by atoms with Gasteiger partial charge in [0, 0.05) is 0 Å². The molecule has 0 fully saturated rings.